The van der Waals surface area contributed by atoms with Gasteiger partial charge in [0, 0.05) is 21.8 Å². The first kappa shape index (κ1) is 33.3. The van der Waals surface area contributed by atoms with Gasteiger partial charge in [-0.25, -0.2) is 0 Å². The standard InChI is InChI=1S/2C15H13ClN2O2.Ti/c2*1-10(13-4-2-3-5-14(13)19)17-18-15(20)11-6-8-12(16)9-7-11;/h2*2-9,19H,1H3,(H,18,20);/q;;+4/p-4/b2*17-10+;. The van der Waals surface area contributed by atoms with Gasteiger partial charge in [-0.1, -0.05) is 107 Å². The van der Waals surface area contributed by atoms with Gasteiger partial charge in [0.25, 0.3) is 0 Å². The van der Waals surface area contributed by atoms with Crippen LogP contribution >= 0.6 is 23.2 Å². The maximum Gasteiger partial charge on any atom is 4.00 e. The first-order valence-corrected chi connectivity index (χ1v) is 12.5. The van der Waals surface area contributed by atoms with E-state index in [0.29, 0.717) is 43.7 Å². The molecule has 0 saturated carbocycles. The summed E-state index contributed by atoms with van der Waals surface area (Å²) in [4.78, 5) is 0. The molecule has 0 bridgehead atoms. The molecule has 8 nitrogen and oxygen atoms in total. The molecule has 204 valence electrons. The molecular formula is C30H22Cl2N4O4Ti. The summed E-state index contributed by atoms with van der Waals surface area (Å²) in [6, 6.07) is 25.6. The van der Waals surface area contributed by atoms with Crippen LogP contribution < -0.4 is 20.4 Å². The number of benzene rings is 4. The molecule has 0 aliphatic carbocycles. The van der Waals surface area contributed by atoms with Crippen molar-refractivity contribution in [1.29, 1.82) is 0 Å². The maximum atomic E-state index is 11.8. The van der Waals surface area contributed by atoms with E-state index in [9.17, 15) is 20.4 Å². The molecule has 0 spiro atoms. The molecule has 11 heteroatoms. The maximum absolute atomic E-state index is 11.8. The smallest absolute Gasteiger partial charge is 0.872 e. The third kappa shape index (κ3) is 10.2. The van der Waals surface area contributed by atoms with E-state index >= 15 is 0 Å². The zero-order chi connectivity index (χ0) is 29.1. The fourth-order valence-corrected chi connectivity index (χ4v) is 3.43. The van der Waals surface area contributed by atoms with Gasteiger partial charge in [-0.2, -0.15) is 20.4 Å². The monoisotopic (exact) mass is 620 g/mol. The van der Waals surface area contributed by atoms with Crippen molar-refractivity contribution in [2.24, 2.45) is 20.4 Å². The second kappa shape index (κ2) is 16.4. The second-order valence-corrected chi connectivity index (χ2v) is 9.06. The van der Waals surface area contributed by atoms with Gasteiger partial charge in [-0.15, -0.1) is 0 Å². The first-order chi connectivity index (χ1) is 19.2. The molecule has 0 saturated heterocycles. The molecule has 0 unspecified atom stereocenters. The van der Waals surface area contributed by atoms with E-state index < -0.39 is 11.8 Å². The van der Waals surface area contributed by atoms with Gasteiger partial charge in [0.15, 0.2) is 0 Å². The predicted molar refractivity (Wildman–Crippen MR) is 152 cm³/mol. The van der Waals surface area contributed by atoms with Crippen LogP contribution in [-0.2, 0) is 21.7 Å². The average Bonchev–Trinajstić information content (AvgIpc) is 2.96. The van der Waals surface area contributed by atoms with Crippen LogP contribution in [0.5, 0.6) is 11.5 Å². The Labute approximate surface area is 262 Å². The van der Waals surface area contributed by atoms with Crippen LogP contribution in [0.15, 0.2) is 117 Å². The molecule has 0 fully saturated rings. The minimum absolute atomic E-state index is 0. The summed E-state index contributed by atoms with van der Waals surface area (Å²) >= 11 is 11.5. The molecule has 0 radical (unpaired) electrons. The fraction of sp³-hybridized carbons (Fsp3) is 0.0667. The minimum Gasteiger partial charge on any atom is -0.872 e. The van der Waals surface area contributed by atoms with Crippen molar-refractivity contribution in [2.45, 2.75) is 13.8 Å². The number of rotatable bonds is 6. The zero-order valence-electron chi connectivity index (χ0n) is 21.9. The van der Waals surface area contributed by atoms with Gasteiger partial charge in [0.1, 0.15) is 0 Å². The Kier molecular flexibility index (Phi) is 13.3. The van der Waals surface area contributed by atoms with E-state index in [1.54, 1.807) is 98.8 Å². The number of para-hydroxylation sites is 2. The molecular weight excluding hydrogens is 599 g/mol. The van der Waals surface area contributed by atoms with E-state index in [2.05, 4.69) is 20.4 Å². The largest absolute Gasteiger partial charge is 4.00 e. The summed E-state index contributed by atoms with van der Waals surface area (Å²) in [5.41, 5.74) is 2.44. The fourth-order valence-electron chi connectivity index (χ4n) is 3.18. The summed E-state index contributed by atoms with van der Waals surface area (Å²) in [7, 11) is 0. The van der Waals surface area contributed by atoms with Crippen molar-refractivity contribution in [1.82, 2.24) is 0 Å². The Morgan fingerprint density at radius 1 is 0.512 bits per heavy atom. The van der Waals surface area contributed by atoms with Crippen LogP contribution in [0, 0.1) is 0 Å². The van der Waals surface area contributed by atoms with Gasteiger partial charge in [-0.05, 0) is 60.4 Å². The molecule has 0 N–H and O–H groups in total. The molecule has 4 aromatic carbocycles. The summed E-state index contributed by atoms with van der Waals surface area (Å²) in [6.07, 6.45) is 0. The molecule has 0 heterocycles. The normalized spacial score (nSPS) is 12.2. The van der Waals surface area contributed by atoms with Gasteiger partial charge in [0.05, 0.1) is 11.4 Å². The van der Waals surface area contributed by atoms with Crippen LogP contribution in [0.3, 0.4) is 0 Å². The molecule has 0 aromatic heterocycles. The molecule has 0 amide bonds. The van der Waals surface area contributed by atoms with E-state index in [4.69, 9.17) is 23.2 Å². The molecule has 41 heavy (non-hydrogen) atoms. The summed E-state index contributed by atoms with van der Waals surface area (Å²) in [6.45, 7) is 3.27. The van der Waals surface area contributed by atoms with E-state index in [1.807, 2.05) is 0 Å². The Morgan fingerprint density at radius 2 is 0.829 bits per heavy atom. The van der Waals surface area contributed by atoms with Crippen LogP contribution in [0.4, 0.5) is 0 Å². The van der Waals surface area contributed by atoms with Gasteiger partial charge in [-0.3, -0.25) is 0 Å². The van der Waals surface area contributed by atoms with Crippen LogP contribution in [0.25, 0.3) is 0 Å². The molecule has 0 aliphatic heterocycles. The molecule has 0 aliphatic rings. The average molecular weight is 621 g/mol. The SMILES string of the molecule is C/C(=N\N=C(/[O-])c1ccc(Cl)cc1)c1ccccc1[O-].C/C(=N\N=C(/[O-])c1ccc(Cl)cc1)c1ccccc1[O-].[Ti+4]. The Hall–Kier alpha value is -3.95. The zero-order valence-corrected chi connectivity index (χ0v) is 25.0. The third-order valence-electron chi connectivity index (χ3n) is 5.32. The Morgan fingerprint density at radius 3 is 1.15 bits per heavy atom. The van der Waals surface area contributed by atoms with Gasteiger partial charge < -0.3 is 20.4 Å². The summed E-state index contributed by atoms with van der Waals surface area (Å²) in [5.74, 6) is -1.26. The number of hydrogen-bond donors (Lipinski definition) is 0. The second-order valence-electron chi connectivity index (χ2n) is 8.19. The van der Waals surface area contributed by atoms with E-state index in [1.165, 1.54) is 12.1 Å². The van der Waals surface area contributed by atoms with Gasteiger partial charge in [0.2, 0.25) is 0 Å². The summed E-state index contributed by atoms with van der Waals surface area (Å²) < 4.78 is 0. The van der Waals surface area contributed by atoms with Crippen LogP contribution in [0.1, 0.15) is 36.1 Å². The van der Waals surface area contributed by atoms with Crippen LogP contribution in [0.2, 0.25) is 10.0 Å². The van der Waals surface area contributed by atoms with E-state index in [-0.39, 0.29) is 33.2 Å². The first-order valence-electron chi connectivity index (χ1n) is 11.8. The minimum atomic E-state index is -0.482. The number of hydrogen-bond acceptors (Lipinski definition) is 8. The molecule has 4 rings (SSSR count). The topological polar surface area (TPSA) is 142 Å². The third-order valence-corrected chi connectivity index (χ3v) is 5.82. The van der Waals surface area contributed by atoms with Crippen molar-refractivity contribution in [3.63, 3.8) is 0 Å². The Balaban J connectivity index is 0.000000280. The Bertz CT molecular complexity index is 1450. The van der Waals surface area contributed by atoms with Crippen molar-refractivity contribution >= 4 is 46.4 Å². The van der Waals surface area contributed by atoms with Gasteiger partial charge >= 0.3 is 21.7 Å². The predicted octanol–water partition coefficient (Wildman–Crippen LogP) is 3.89. The van der Waals surface area contributed by atoms with Crippen molar-refractivity contribution in [2.75, 3.05) is 0 Å². The van der Waals surface area contributed by atoms with Crippen molar-refractivity contribution < 1.29 is 42.1 Å². The molecule has 0 atom stereocenters. The van der Waals surface area contributed by atoms with Crippen molar-refractivity contribution in [3.8, 4) is 11.5 Å². The van der Waals surface area contributed by atoms with Crippen LogP contribution in [-0.4, -0.2) is 23.2 Å². The summed E-state index contributed by atoms with van der Waals surface area (Å²) in [5, 5.41) is 62.7. The number of nitrogens with zero attached hydrogens (tertiary/aromatic N) is 4. The van der Waals surface area contributed by atoms with Crippen molar-refractivity contribution in [3.05, 3.63) is 129 Å². The number of halogens is 2. The molecule has 4 aromatic rings. The van der Waals surface area contributed by atoms with E-state index in [0.717, 1.165) is 0 Å². The quantitative estimate of drug-likeness (QED) is 0.139.